The first-order valence-electron chi connectivity index (χ1n) is 9.15. The van der Waals surface area contributed by atoms with Crippen LogP contribution in [0.1, 0.15) is 63.9 Å². The second-order valence-electron chi connectivity index (χ2n) is 6.91. The van der Waals surface area contributed by atoms with Gasteiger partial charge in [0.25, 0.3) is 0 Å². The van der Waals surface area contributed by atoms with E-state index >= 15 is 0 Å². The van der Waals surface area contributed by atoms with Crippen LogP contribution in [0.15, 0.2) is 18.2 Å². The third kappa shape index (κ3) is 7.38. The van der Waals surface area contributed by atoms with Gasteiger partial charge in [-0.15, -0.1) is 13.2 Å². The Morgan fingerprint density at radius 1 is 1.12 bits per heavy atom. The van der Waals surface area contributed by atoms with Crippen LogP contribution in [0.4, 0.5) is 17.6 Å². The van der Waals surface area contributed by atoms with Crippen LogP contribution in [0.2, 0.25) is 5.54 Å². The monoisotopic (exact) mass is 374 g/mol. The number of hydrogen-bond donors (Lipinski definition) is 0. The molecule has 1 aromatic rings. The molecular formula is C19H26F4OSi. The predicted octanol–water partition coefficient (Wildman–Crippen LogP) is 6.49. The van der Waals surface area contributed by atoms with Gasteiger partial charge >= 0.3 is 6.36 Å². The molecule has 0 unspecified atom stereocenters. The first-order chi connectivity index (χ1) is 11.9. The van der Waals surface area contributed by atoms with Gasteiger partial charge in [-0.3, -0.25) is 0 Å². The van der Waals surface area contributed by atoms with Crippen molar-refractivity contribution < 1.29 is 22.3 Å². The lowest BCUT2D eigenvalue weighted by molar-refractivity contribution is -0.275. The Labute approximate surface area is 150 Å². The Hall–Kier alpha value is -1.04. The van der Waals surface area contributed by atoms with E-state index in [9.17, 15) is 17.6 Å². The van der Waals surface area contributed by atoms with Gasteiger partial charge in [0.1, 0.15) is 0 Å². The van der Waals surface area contributed by atoms with E-state index < -0.39 is 17.9 Å². The van der Waals surface area contributed by atoms with Crippen molar-refractivity contribution in [2.45, 2.75) is 76.2 Å². The zero-order valence-corrected chi connectivity index (χ0v) is 15.7. The average molecular weight is 374 g/mol. The molecule has 0 bridgehead atoms. The summed E-state index contributed by atoms with van der Waals surface area (Å²) in [6.07, 6.45) is 5.43. The van der Waals surface area contributed by atoms with Crippen molar-refractivity contribution in [2.75, 3.05) is 0 Å². The summed E-state index contributed by atoms with van der Waals surface area (Å²) in [4.78, 5) is 0. The molecule has 0 aliphatic heterocycles. The second kappa shape index (κ2) is 9.60. The Morgan fingerprint density at radius 2 is 1.84 bits per heavy atom. The van der Waals surface area contributed by atoms with E-state index in [2.05, 4.69) is 11.7 Å². The molecule has 25 heavy (non-hydrogen) atoms. The van der Waals surface area contributed by atoms with Crippen molar-refractivity contribution in [2.24, 2.45) is 5.92 Å². The molecule has 1 saturated carbocycles. The fourth-order valence-corrected chi connectivity index (χ4v) is 4.95. The van der Waals surface area contributed by atoms with Crippen molar-refractivity contribution in [3.63, 3.8) is 0 Å². The molecule has 0 aromatic heterocycles. The van der Waals surface area contributed by atoms with E-state index in [1.165, 1.54) is 63.5 Å². The molecule has 6 heteroatoms. The maximum atomic E-state index is 13.7. The second-order valence-corrected chi connectivity index (χ2v) is 8.49. The van der Waals surface area contributed by atoms with Gasteiger partial charge in [0.2, 0.25) is 0 Å². The van der Waals surface area contributed by atoms with Gasteiger partial charge in [0.15, 0.2) is 11.6 Å². The summed E-state index contributed by atoms with van der Waals surface area (Å²) in [5.41, 5.74) is 1.42. The quantitative estimate of drug-likeness (QED) is 0.287. The standard InChI is InChI=1S/C19H26F4OSi/c1-2-3-4-5-14-6-9-16(10-7-14)25-13-15-8-11-18(17(20)12-15)24-19(21,22)23/h8,11-12,14,16H,2-7,9-10,13H2,1H3. The number of hydrogen-bond acceptors (Lipinski definition) is 1. The summed E-state index contributed by atoms with van der Waals surface area (Å²) in [7, 11) is 0.704. The molecule has 0 atom stereocenters. The molecule has 0 spiro atoms. The molecule has 1 fully saturated rings. The molecule has 1 aliphatic carbocycles. The van der Waals surface area contributed by atoms with Crippen molar-refractivity contribution in [3.05, 3.63) is 29.6 Å². The fourth-order valence-electron chi connectivity index (χ4n) is 3.46. The average Bonchev–Trinajstić information content (AvgIpc) is 2.55. The molecule has 1 nitrogen and oxygen atoms in total. The Kier molecular flexibility index (Phi) is 7.78. The van der Waals surface area contributed by atoms with Crippen molar-refractivity contribution in [3.8, 4) is 5.75 Å². The smallest absolute Gasteiger partial charge is 0.403 e. The van der Waals surface area contributed by atoms with E-state index in [0.29, 0.717) is 15.1 Å². The van der Waals surface area contributed by atoms with E-state index in [4.69, 9.17) is 0 Å². The highest BCUT2D eigenvalue weighted by molar-refractivity contribution is 6.37. The van der Waals surface area contributed by atoms with Crippen LogP contribution in [0.5, 0.6) is 5.75 Å². The molecular weight excluding hydrogens is 348 g/mol. The summed E-state index contributed by atoms with van der Waals surface area (Å²) in [5, 5.41) is 0. The molecule has 2 rings (SSSR count). The van der Waals surface area contributed by atoms with Crippen molar-refractivity contribution in [1.29, 1.82) is 0 Å². The van der Waals surface area contributed by atoms with E-state index in [-0.39, 0.29) is 0 Å². The van der Waals surface area contributed by atoms with Crippen molar-refractivity contribution in [1.82, 2.24) is 0 Å². The molecule has 0 N–H and O–H groups in total. The highest BCUT2D eigenvalue weighted by Crippen LogP contribution is 2.35. The van der Waals surface area contributed by atoms with Crippen LogP contribution in [0, 0.1) is 11.7 Å². The number of alkyl halides is 3. The van der Waals surface area contributed by atoms with Gasteiger partial charge in [-0.1, -0.05) is 64.4 Å². The lowest BCUT2D eigenvalue weighted by Crippen LogP contribution is -2.18. The topological polar surface area (TPSA) is 9.23 Å². The number of unbranched alkanes of at least 4 members (excludes halogenated alkanes) is 2. The minimum absolute atomic E-state index is 0.677. The van der Waals surface area contributed by atoms with Crippen LogP contribution in [0.25, 0.3) is 0 Å². The molecule has 0 amide bonds. The molecule has 2 radical (unpaired) electrons. The third-order valence-electron chi connectivity index (χ3n) is 4.88. The number of ether oxygens (including phenoxy) is 1. The largest absolute Gasteiger partial charge is 0.573 e. The summed E-state index contributed by atoms with van der Waals surface area (Å²) >= 11 is 0. The van der Waals surface area contributed by atoms with E-state index in [1.54, 1.807) is 0 Å². The van der Waals surface area contributed by atoms with Gasteiger partial charge in [0.05, 0.1) is 0 Å². The number of rotatable bonds is 8. The highest BCUT2D eigenvalue weighted by atomic mass is 28.2. The maximum absolute atomic E-state index is 13.7. The predicted molar refractivity (Wildman–Crippen MR) is 92.4 cm³/mol. The summed E-state index contributed by atoms with van der Waals surface area (Å²) < 4.78 is 53.8. The van der Waals surface area contributed by atoms with Crippen molar-refractivity contribution >= 4 is 9.52 Å². The minimum atomic E-state index is -4.86. The Bertz CT molecular complexity index is 525. The van der Waals surface area contributed by atoms with Gasteiger partial charge in [0, 0.05) is 9.52 Å². The zero-order valence-electron chi connectivity index (χ0n) is 14.7. The zero-order chi connectivity index (χ0) is 18.3. The summed E-state index contributed by atoms with van der Waals surface area (Å²) in [5.74, 6) is -0.838. The van der Waals surface area contributed by atoms with Gasteiger partial charge in [-0.05, 0) is 35.2 Å². The van der Waals surface area contributed by atoms with Gasteiger partial charge < -0.3 is 4.74 Å². The molecule has 1 aromatic carbocycles. The first-order valence-corrected chi connectivity index (χ1v) is 10.4. The molecule has 0 heterocycles. The van der Waals surface area contributed by atoms with Gasteiger partial charge in [-0.2, -0.15) is 0 Å². The SMILES string of the molecule is CCCCCC1CCC([Si]Cc2ccc(OC(F)(F)F)c(F)c2)CC1. The van der Waals surface area contributed by atoms with Crippen LogP contribution in [-0.2, 0) is 6.04 Å². The molecule has 140 valence electrons. The van der Waals surface area contributed by atoms with Crippen LogP contribution >= 0.6 is 0 Å². The third-order valence-corrected chi connectivity index (χ3v) is 6.65. The lowest BCUT2D eigenvalue weighted by Gasteiger charge is -2.28. The maximum Gasteiger partial charge on any atom is 0.573 e. The number of halogens is 4. The summed E-state index contributed by atoms with van der Waals surface area (Å²) in [6, 6.07) is 4.51. The van der Waals surface area contributed by atoms with Crippen LogP contribution in [-0.4, -0.2) is 15.9 Å². The van der Waals surface area contributed by atoms with E-state index in [1.807, 2.05) is 0 Å². The van der Waals surface area contributed by atoms with Crippen LogP contribution < -0.4 is 4.74 Å². The van der Waals surface area contributed by atoms with Crippen LogP contribution in [0.3, 0.4) is 0 Å². The van der Waals surface area contributed by atoms with Gasteiger partial charge in [-0.25, -0.2) is 4.39 Å². The number of benzene rings is 1. The Balaban J connectivity index is 1.74. The molecule has 1 aliphatic rings. The fraction of sp³-hybridized carbons (Fsp3) is 0.684. The van der Waals surface area contributed by atoms with E-state index in [0.717, 1.165) is 23.6 Å². The molecule has 0 saturated heterocycles. The summed E-state index contributed by atoms with van der Waals surface area (Å²) in [6.45, 7) is 2.22. The minimum Gasteiger partial charge on any atom is -0.403 e. The first kappa shape index (κ1) is 20.3. The highest BCUT2D eigenvalue weighted by Gasteiger charge is 2.32. The normalized spacial score (nSPS) is 21.3. The lowest BCUT2D eigenvalue weighted by atomic mass is 9.85. The Morgan fingerprint density at radius 3 is 2.44 bits per heavy atom.